The number of hydrogen-bond acceptors (Lipinski definition) is 7. The lowest BCUT2D eigenvalue weighted by atomic mass is 10.0. The molecule has 0 saturated carbocycles. The Morgan fingerprint density at radius 1 is 0.974 bits per heavy atom. The van der Waals surface area contributed by atoms with Crippen LogP contribution >= 0.6 is 0 Å². The van der Waals surface area contributed by atoms with Gasteiger partial charge in [-0.2, -0.15) is 0 Å². The average Bonchev–Trinajstić information content (AvgIpc) is 3.58. The Hall–Kier alpha value is -3.97. The van der Waals surface area contributed by atoms with Crippen molar-refractivity contribution in [3.8, 4) is 0 Å². The molecule has 3 rings (SSSR count). The molecule has 1 aromatic heterocycles. The minimum absolute atomic E-state index is 0.00531. The van der Waals surface area contributed by atoms with E-state index in [0.717, 1.165) is 17.3 Å². The summed E-state index contributed by atoms with van der Waals surface area (Å²) in [7, 11) is 0. The summed E-state index contributed by atoms with van der Waals surface area (Å²) in [5.74, 6) is -4.64. The Morgan fingerprint density at radius 2 is 1.69 bits per heavy atom. The minimum atomic E-state index is -1.43. The SMILES string of the molecule is NCCCCC(NC(=O)C(Cc1c[nH]c2ccccc12)NC(=O)C(CC(=O)O)NC(=O)C1CCCN1)C(=O)O. The fourth-order valence-corrected chi connectivity index (χ4v) is 4.59. The molecule has 13 nitrogen and oxygen atoms in total. The van der Waals surface area contributed by atoms with E-state index < -0.39 is 60.2 Å². The Labute approximate surface area is 225 Å². The predicted octanol–water partition coefficient (Wildman–Crippen LogP) is -0.395. The molecular weight excluding hydrogens is 508 g/mol. The molecule has 0 spiro atoms. The number of aromatic nitrogens is 1. The zero-order valence-corrected chi connectivity index (χ0v) is 21.6. The predicted molar refractivity (Wildman–Crippen MR) is 142 cm³/mol. The fourth-order valence-electron chi connectivity index (χ4n) is 4.59. The molecule has 39 heavy (non-hydrogen) atoms. The third kappa shape index (κ3) is 8.52. The van der Waals surface area contributed by atoms with Gasteiger partial charge in [-0.1, -0.05) is 18.2 Å². The molecule has 0 aliphatic carbocycles. The maximum absolute atomic E-state index is 13.3. The van der Waals surface area contributed by atoms with Crippen molar-refractivity contribution in [1.82, 2.24) is 26.3 Å². The molecule has 9 N–H and O–H groups in total. The first-order chi connectivity index (χ1) is 18.7. The van der Waals surface area contributed by atoms with E-state index in [1.54, 1.807) is 6.20 Å². The van der Waals surface area contributed by atoms with Crippen molar-refractivity contribution in [3.63, 3.8) is 0 Å². The first kappa shape index (κ1) is 29.6. The molecule has 3 amide bonds. The van der Waals surface area contributed by atoms with Crippen LogP contribution in [0.1, 0.15) is 44.1 Å². The van der Waals surface area contributed by atoms with E-state index in [4.69, 9.17) is 5.73 Å². The number of carbonyl (C=O) groups excluding carboxylic acids is 3. The van der Waals surface area contributed by atoms with Gasteiger partial charge in [0.25, 0.3) is 0 Å². The van der Waals surface area contributed by atoms with Crippen LogP contribution in [0.3, 0.4) is 0 Å². The topological polar surface area (TPSA) is 216 Å². The van der Waals surface area contributed by atoms with Crippen molar-refractivity contribution in [2.75, 3.05) is 13.1 Å². The second-order valence-corrected chi connectivity index (χ2v) is 9.62. The lowest BCUT2D eigenvalue weighted by Crippen LogP contribution is -2.58. The molecule has 1 aliphatic heterocycles. The number of carboxylic acid groups (broad SMARTS) is 2. The number of rotatable bonds is 15. The van der Waals surface area contributed by atoms with Gasteiger partial charge in [-0.3, -0.25) is 19.2 Å². The van der Waals surface area contributed by atoms with Crippen LogP contribution in [0.2, 0.25) is 0 Å². The normalized spacial score (nSPS) is 17.2. The summed E-state index contributed by atoms with van der Waals surface area (Å²) >= 11 is 0. The van der Waals surface area contributed by atoms with Gasteiger partial charge in [0.2, 0.25) is 17.7 Å². The van der Waals surface area contributed by atoms with Crippen molar-refractivity contribution < 1.29 is 34.2 Å². The number of nitrogens with one attached hydrogen (secondary N) is 5. The number of nitrogens with two attached hydrogens (primary N) is 1. The van der Waals surface area contributed by atoms with Gasteiger partial charge in [-0.15, -0.1) is 0 Å². The van der Waals surface area contributed by atoms with Gasteiger partial charge in [0.05, 0.1) is 12.5 Å². The lowest BCUT2D eigenvalue weighted by Gasteiger charge is -2.24. The van der Waals surface area contributed by atoms with Gasteiger partial charge in [-0.05, 0) is 56.8 Å². The highest BCUT2D eigenvalue weighted by Crippen LogP contribution is 2.19. The first-order valence-corrected chi connectivity index (χ1v) is 13.0. The van der Waals surface area contributed by atoms with Gasteiger partial charge < -0.3 is 42.2 Å². The molecule has 4 atom stereocenters. The van der Waals surface area contributed by atoms with Crippen LogP contribution in [0.4, 0.5) is 0 Å². The monoisotopic (exact) mass is 544 g/mol. The molecule has 2 heterocycles. The number of benzene rings is 1. The summed E-state index contributed by atoms with van der Waals surface area (Å²) in [6.45, 7) is 1.02. The molecule has 0 radical (unpaired) electrons. The van der Waals surface area contributed by atoms with Crippen molar-refractivity contribution in [2.24, 2.45) is 5.73 Å². The van der Waals surface area contributed by atoms with Gasteiger partial charge in [0.15, 0.2) is 0 Å². The smallest absolute Gasteiger partial charge is 0.326 e. The minimum Gasteiger partial charge on any atom is -0.481 e. The Bertz CT molecular complexity index is 1180. The van der Waals surface area contributed by atoms with E-state index in [9.17, 15) is 34.2 Å². The maximum atomic E-state index is 13.3. The number of amides is 3. The maximum Gasteiger partial charge on any atom is 0.326 e. The zero-order chi connectivity index (χ0) is 28.4. The molecule has 1 aromatic carbocycles. The van der Waals surface area contributed by atoms with Crippen molar-refractivity contribution in [3.05, 3.63) is 36.0 Å². The molecular formula is C26H36N6O7. The van der Waals surface area contributed by atoms with Crippen LogP contribution in [-0.2, 0) is 30.4 Å². The molecule has 212 valence electrons. The number of fused-ring (bicyclic) bond motifs is 1. The van der Waals surface area contributed by atoms with E-state index in [1.165, 1.54) is 0 Å². The van der Waals surface area contributed by atoms with Gasteiger partial charge >= 0.3 is 11.9 Å². The number of H-pyrrole nitrogens is 1. The van der Waals surface area contributed by atoms with Gasteiger partial charge in [0.1, 0.15) is 18.1 Å². The van der Waals surface area contributed by atoms with Gasteiger partial charge in [0, 0.05) is 23.5 Å². The van der Waals surface area contributed by atoms with Crippen LogP contribution in [0.25, 0.3) is 10.9 Å². The quantitative estimate of drug-likeness (QED) is 0.137. The molecule has 0 bridgehead atoms. The summed E-state index contributed by atoms with van der Waals surface area (Å²) in [5.41, 5.74) is 6.99. The summed E-state index contributed by atoms with van der Waals surface area (Å²) in [5, 5.41) is 30.3. The molecule has 4 unspecified atom stereocenters. The highest BCUT2D eigenvalue weighted by atomic mass is 16.4. The van der Waals surface area contributed by atoms with Crippen LogP contribution < -0.4 is 27.0 Å². The average molecular weight is 545 g/mol. The lowest BCUT2D eigenvalue weighted by molar-refractivity contribution is -0.143. The number of carboxylic acids is 2. The van der Waals surface area contributed by atoms with Gasteiger partial charge in [-0.25, -0.2) is 4.79 Å². The summed E-state index contributed by atoms with van der Waals surface area (Å²) in [6.07, 6.45) is 3.54. The third-order valence-electron chi connectivity index (χ3n) is 6.68. The number of aliphatic carboxylic acids is 2. The van der Waals surface area contributed by atoms with Crippen LogP contribution in [0.5, 0.6) is 0 Å². The standard InChI is InChI=1S/C26H36N6O7/c27-10-4-3-8-19(26(38)39)30-24(36)20(12-15-14-29-17-7-2-1-6-16(15)17)31-25(37)21(13-22(33)34)32-23(35)18-9-5-11-28-18/h1-2,6-7,14,18-21,28-29H,3-5,8-13,27H2,(H,30,36)(H,31,37)(H,32,35)(H,33,34)(H,38,39). The highest BCUT2D eigenvalue weighted by molar-refractivity contribution is 5.96. The summed E-state index contributed by atoms with van der Waals surface area (Å²) < 4.78 is 0. The van der Waals surface area contributed by atoms with Crippen molar-refractivity contribution in [2.45, 2.75) is 69.1 Å². The van der Waals surface area contributed by atoms with E-state index in [2.05, 4.69) is 26.3 Å². The van der Waals surface area contributed by atoms with Crippen LogP contribution in [0, 0.1) is 0 Å². The van der Waals surface area contributed by atoms with Crippen molar-refractivity contribution in [1.29, 1.82) is 0 Å². The van der Waals surface area contributed by atoms with E-state index in [-0.39, 0.29) is 12.8 Å². The second-order valence-electron chi connectivity index (χ2n) is 9.62. The Balaban J connectivity index is 1.81. The van der Waals surface area contributed by atoms with Crippen LogP contribution in [-0.4, -0.2) is 82.1 Å². The molecule has 1 saturated heterocycles. The first-order valence-electron chi connectivity index (χ1n) is 13.0. The second kappa shape index (κ2) is 14.3. The molecule has 13 heteroatoms. The Kier molecular flexibility index (Phi) is 10.8. The fraction of sp³-hybridized carbons (Fsp3) is 0.500. The molecule has 1 aliphatic rings. The number of unbranched alkanes of at least 4 members (excludes halogenated alkanes) is 1. The van der Waals surface area contributed by atoms with Crippen molar-refractivity contribution >= 4 is 40.6 Å². The highest BCUT2D eigenvalue weighted by Gasteiger charge is 2.33. The summed E-state index contributed by atoms with van der Waals surface area (Å²) in [6, 6.07) is 2.93. The number of para-hydroxylation sites is 1. The number of hydrogen-bond donors (Lipinski definition) is 8. The Morgan fingerprint density at radius 3 is 2.36 bits per heavy atom. The van der Waals surface area contributed by atoms with E-state index in [1.807, 2.05) is 24.3 Å². The number of carbonyl (C=O) groups is 5. The molecule has 2 aromatic rings. The molecule has 1 fully saturated rings. The zero-order valence-electron chi connectivity index (χ0n) is 21.6. The van der Waals surface area contributed by atoms with E-state index >= 15 is 0 Å². The largest absolute Gasteiger partial charge is 0.481 e. The van der Waals surface area contributed by atoms with Crippen LogP contribution in [0.15, 0.2) is 30.5 Å². The summed E-state index contributed by atoms with van der Waals surface area (Å²) in [4.78, 5) is 65.5. The number of aromatic amines is 1. The third-order valence-corrected chi connectivity index (χ3v) is 6.68. The van der Waals surface area contributed by atoms with E-state index in [0.29, 0.717) is 37.9 Å².